The molecular weight excluding hydrogens is 232 g/mol. The number of nitrogen functional groups attached to an aromatic ring is 1. The van der Waals surface area contributed by atoms with Crippen LogP contribution in [0.3, 0.4) is 0 Å². The Labute approximate surface area is 107 Å². The smallest absolute Gasteiger partial charge is 0.258 e. The third-order valence-corrected chi connectivity index (χ3v) is 2.95. The minimum atomic E-state index is -0.217. The molecule has 0 aliphatic carbocycles. The number of carbonyl (C=O) groups is 1. The Hall–Kier alpha value is -1.56. The second-order valence-corrected chi connectivity index (χ2v) is 4.14. The molecule has 1 heterocycles. The van der Waals surface area contributed by atoms with Gasteiger partial charge in [0.2, 0.25) is 5.88 Å². The number of nitrogens with zero attached hydrogens (tertiary/aromatic N) is 2. The number of amides is 1. The summed E-state index contributed by atoms with van der Waals surface area (Å²) in [5, 5.41) is 6.48. The molecule has 0 aromatic carbocycles. The Morgan fingerprint density at radius 1 is 1.44 bits per heavy atom. The standard InChI is InChI=1S/C12H22N4O2/c1-4-16(5-2)8-6-7-14-12(17)10-9(3)15-18-11(10)13/h4-8,13H2,1-3H3,(H,14,17). The van der Waals surface area contributed by atoms with Gasteiger partial charge in [0.1, 0.15) is 5.56 Å². The second kappa shape index (κ2) is 7.00. The number of rotatable bonds is 7. The molecule has 1 amide bonds. The van der Waals surface area contributed by atoms with Crippen molar-refractivity contribution in [3.63, 3.8) is 0 Å². The van der Waals surface area contributed by atoms with E-state index in [0.717, 1.165) is 26.1 Å². The van der Waals surface area contributed by atoms with Crippen molar-refractivity contribution in [2.24, 2.45) is 0 Å². The molecule has 0 bridgehead atoms. The van der Waals surface area contributed by atoms with Crippen molar-refractivity contribution in [3.8, 4) is 0 Å². The highest BCUT2D eigenvalue weighted by molar-refractivity contribution is 5.98. The monoisotopic (exact) mass is 254 g/mol. The van der Waals surface area contributed by atoms with Gasteiger partial charge in [0.05, 0.1) is 5.69 Å². The van der Waals surface area contributed by atoms with E-state index in [-0.39, 0.29) is 11.8 Å². The Kier molecular flexibility index (Phi) is 5.64. The highest BCUT2D eigenvalue weighted by atomic mass is 16.5. The van der Waals surface area contributed by atoms with Gasteiger partial charge in [-0.05, 0) is 33.0 Å². The lowest BCUT2D eigenvalue weighted by Crippen LogP contribution is -2.30. The van der Waals surface area contributed by atoms with Crippen molar-refractivity contribution in [1.29, 1.82) is 0 Å². The van der Waals surface area contributed by atoms with Crippen LogP contribution in [-0.2, 0) is 0 Å². The molecule has 0 aliphatic rings. The minimum Gasteiger partial charge on any atom is -0.367 e. The van der Waals surface area contributed by atoms with Crippen molar-refractivity contribution in [3.05, 3.63) is 11.3 Å². The van der Waals surface area contributed by atoms with E-state index in [4.69, 9.17) is 10.3 Å². The third kappa shape index (κ3) is 3.73. The van der Waals surface area contributed by atoms with E-state index >= 15 is 0 Å². The van der Waals surface area contributed by atoms with Crippen LogP contribution in [0.4, 0.5) is 5.88 Å². The zero-order chi connectivity index (χ0) is 13.5. The quantitative estimate of drug-likeness (QED) is 0.710. The molecule has 6 heteroatoms. The lowest BCUT2D eigenvalue weighted by Gasteiger charge is -2.17. The Bertz CT molecular complexity index is 366. The van der Waals surface area contributed by atoms with E-state index in [2.05, 4.69) is 29.2 Å². The van der Waals surface area contributed by atoms with Gasteiger partial charge in [-0.2, -0.15) is 0 Å². The first-order valence-electron chi connectivity index (χ1n) is 6.32. The van der Waals surface area contributed by atoms with Gasteiger partial charge in [0.15, 0.2) is 0 Å². The van der Waals surface area contributed by atoms with Crippen LogP contribution in [0.1, 0.15) is 36.3 Å². The first-order valence-corrected chi connectivity index (χ1v) is 6.32. The average Bonchev–Trinajstić information content (AvgIpc) is 2.69. The molecule has 0 unspecified atom stereocenters. The van der Waals surface area contributed by atoms with Gasteiger partial charge >= 0.3 is 0 Å². The van der Waals surface area contributed by atoms with E-state index in [1.807, 2.05) is 0 Å². The van der Waals surface area contributed by atoms with Crippen LogP contribution in [-0.4, -0.2) is 42.1 Å². The molecule has 1 aromatic rings. The number of hydrogen-bond acceptors (Lipinski definition) is 5. The molecule has 0 fully saturated rings. The Morgan fingerprint density at radius 2 is 2.11 bits per heavy atom. The van der Waals surface area contributed by atoms with E-state index in [0.29, 0.717) is 17.8 Å². The number of anilines is 1. The normalized spacial score (nSPS) is 10.9. The number of carbonyl (C=O) groups excluding carboxylic acids is 1. The van der Waals surface area contributed by atoms with Crippen LogP contribution in [0.5, 0.6) is 0 Å². The molecule has 102 valence electrons. The molecular formula is C12H22N4O2. The predicted octanol–water partition coefficient (Wildman–Crippen LogP) is 1.03. The molecule has 1 aromatic heterocycles. The fourth-order valence-corrected chi connectivity index (χ4v) is 1.80. The van der Waals surface area contributed by atoms with Crippen molar-refractivity contribution >= 4 is 11.8 Å². The van der Waals surface area contributed by atoms with E-state index in [9.17, 15) is 4.79 Å². The van der Waals surface area contributed by atoms with E-state index in [1.54, 1.807) is 6.92 Å². The number of hydrogen-bond donors (Lipinski definition) is 2. The average molecular weight is 254 g/mol. The fraction of sp³-hybridized carbons (Fsp3) is 0.667. The highest BCUT2D eigenvalue weighted by Crippen LogP contribution is 2.14. The summed E-state index contributed by atoms with van der Waals surface area (Å²) in [6.07, 6.45) is 0.914. The fourth-order valence-electron chi connectivity index (χ4n) is 1.80. The third-order valence-electron chi connectivity index (χ3n) is 2.95. The van der Waals surface area contributed by atoms with Crippen LogP contribution in [0.25, 0.3) is 0 Å². The summed E-state index contributed by atoms with van der Waals surface area (Å²) in [5.41, 5.74) is 6.41. The number of nitrogens with two attached hydrogens (primary N) is 1. The maximum absolute atomic E-state index is 11.8. The van der Waals surface area contributed by atoms with Crippen molar-refractivity contribution < 1.29 is 9.32 Å². The number of nitrogens with one attached hydrogen (secondary N) is 1. The molecule has 0 radical (unpaired) electrons. The van der Waals surface area contributed by atoms with Gasteiger partial charge in [-0.3, -0.25) is 4.79 Å². The van der Waals surface area contributed by atoms with Crippen LogP contribution >= 0.6 is 0 Å². The van der Waals surface area contributed by atoms with Gasteiger partial charge in [0, 0.05) is 6.54 Å². The van der Waals surface area contributed by atoms with E-state index in [1.165, 1.54) is 0 Å². The van der Waals surface area contributed by atoms with E-state index < -0.39 is 0 Å². The lowest BCUT2D eigenvalue weighted by molar-refractivity contribution is 0.0952. The Balaban J connectivity index is 2.34. The largest absolute Gasteiger partial charge is 0.367 e. The number of aryl methyl sites for hydroxylation is 1. The molecule has 0 spiro atoms. The lowest BCUT2D eigenvalue weighted by atomic mass is 10.2. The topological polar surface area (TPSA) is 84.4 Å². The first kappa shape index (κ1) is 14.5. The Morgan fingerprint density at radius 3 is 2.61 bits per heavy atom. The van der Waals surface area contributed by atoms with Crippen LogP contribution in [0, 0.1) is 6.92 Å². The zero-order valence-electron chi connectivity index (χ0n) is 11.3. The summed E-state index contributed by atoms with van der Waals surface area (Å²) in [6, 6.07) is 0. The summed E-state index contributed by atoms with van der Waals surface area (Å²) in [7, 11) is 0. The highest BCUT2D eigenvalue weighted by Gasteiger charge is 2.17. The maximum atomic E-state index is 11.8. The van der Waals surface area contributed by atoms with Crippen molar-refractivity contribution in [1.82, 2.24) is 15.4 Å². The molecule has 0 saturated heterocycles. The second-order valence-electron chi connectivity index (χ2n) is 4.14. The first-order chi connectivity index (χ1) is 8.60. The van der Waals surface area contributed by atoms with Crippen molar-refractivity contribution in [2.75, 3.05) is 31.9 Å². The maximum Gasteiger partial charge on any atom is 0.258 e. The van der Waals surface area contributed by atoms with Crippen LogP contribution < -0.4 is 11.1 Å². The van der Waals surface area contributed by atoms with Gasteiger partial charge in [-0.25, -0.2) is 0 Å². The SMILES string of the molecule is CCN(CC)CCCNC(=O)c1c(C)noc1N. The summed E-state index contributed by atoms with van der Waals surface area (Å²) >= 11 is 0. The summed E-state index contributed by atoms with van der Waals surface area (Å²) in [4.78, 5) is 14.1. The minimum absolute atomic E-state index is 0.0775. The zero-order valence-corrected chi connectivity index (χ0v) is 11.3. The molecule has 3 N–H and O–H groups in total. The van der Waals surface area contributed by atoms with Gasteiger partial charge in [-0.1, -0.05) is 19.0 Å². The van der Waals surface area contributed by atoms with Crippen LogP contribution in [0.15, 0.2) is 4.52 Å². The molecule has 0 atom stereocenters. The molecule has 6 nitrogen and oxygen atoms in total. The van der Waals surface area contributed by atoms with Gasteiger partial charge in [0.25, 0.3) is 5.91 Å². The number of aromatic nitrogens is 1. The summed E-state index contributed by atoms with van der Waals surface area (Å²) < 4.78 is 4.75. The predicted molar refractivity (Wildman–Crippen MR) is 70.4 cm³/mol. The van der Waals surface area contributed by atoms with Gasteiger partial charge < -0.3 is 20.5 Å². The van der Waals surface area contributed by atoms with Crippen LogP contribution in [0.2, 0.25) is 0 Å². The molecule has 0 saturated carbocycles. The summed E-state index contributed by atoms with van der Waals surface area (Å²) in [5.74, 6) is -0.139. The summed E-state index contributed by atoms with van der Waals surface area (Å²) in [6.45, 7) is 9.62. The molecule has 18 heavy (non-hydrogen) atoms. The van der Waals surface area contributed by atoms with Crippen molar-refractivity contribution in [2.45, 2.75) is 27.2 Å². The molecule has 1 rings (SSSR count). The van der Waals surface area contributed by atoms with Gasteiger partial charge in [-0.15, -0.1) is 0 Å². The molecule has 0 aliphatic heterocycles.